The molecule has 7 nitrogen and oxygen atoms in total. The summed E-state index contributed by atoms with van der Waals surface area (Å²) in [5.41, 5.74) is 4.39. The van der Waals surface area contributed by atoms with E-state index < -0.39 is 0 Å². The molecule has 7 heteroatoms. The number of fused-ring (bicyclic) bond motifs is 1. The highest BCUT2D eigenvalue weighted by molar-refractivity contribution is 5.96. The number of aromatic amines is 1. The van der Waals surface area contributed by atoms with Crippen molar-refractivity contribution < 1.29 is 14.0 Å². The third kappa shape index (κ3) is 4.96. The molecule has 0 spiro atoms. The summed E-state index contributed by atoms with van der Waals surface area (Å²) in [6.07, 6.45) is 8.60. The summed E-state index contributed by atoms with van der Waals surface area (Å²) in [5, 5.41) is 1.10. The number of para-hydroxylation sites is 1. The molecule has 2 amide bonds. The first-order valence-electron chi connectivity index (χ1n) is 12.3. The lowest BCUT2D eigenvalue weighted by Crippen LogP contribution is -2.37. The second-order valence-electron chi connectivity index (χ2n) is 9.35. The highest BCUT2D eigenvalue weighted by Gasteiger charge is 2.28. The Morgan fingerprint density at radius 1 is 1.14 bits per heavy atom. The van der Waals surface area contributed by atoms with Gasteiger partial charge in [0, 0.05) is 54.9 Å². The number of aromatic nitrogens is 2. The number of H-pyrrole nitrogens is 1. The van der Waals surface area contributed by atoms with Crippen molar-refractivity contribution >= 4 is 28.8 Å². The zero-order chi connectivity index (χ0) is 25.1. The number of aryl methyl sites for hydroxylation is 1. The number of benzene rings is 1. The van der Waals surface area contributed by atoms with Gasteiger partial charge in [-0.1, -0.05) is 18.2 Å². The van der Waals surface area contributed by atoms with Crippen LogP contribution in [0.5, 0.6) is 0 Å². The molecule has 1 aliphatic rings. The number of nitrogens with zero attached hydrogens (tertiary/aromatic N) is 3. The number of piperidine rings is 1. The molecule has 184 valence electrons. The standard InChI is InChI=1S/C29H30N4O3/c1-20-9-11-25(29(35)32(2)19-23-6-5-17-36-23)28(31-20)21-13-15-33(16-14-21)27(34)12-10-22-18-30-26-8-4-3-7-24(22)26/h3-12,17-18,21,30H,13-16,19H2,1-2H3/b12-10+. The quantitative estimate of drug-likeness (QED) is 0.385. The Morgan fingerprint density at radius 2 is 1.94 bits per heavy atom. The fourth-order valence-electron chi connectivity index (χ4n) is 4.85. The van der Waals surface area contributed by atoms with E-state index in [1.165, 1.54) is 0 Å². The Morgan fingerprint density at radius 3 is 2.72 bits per heavy atom. The van der Waals surface area contributed by atoms with Gasteiger partial charge in [-0.15, -0.1) is 0 Å². The molecule has 1 aromatic carbocycles. The number of amides is 2. The smallest absolute Gasteiger partial charge is 0.255 e. The summed E-state index contributed by atoms with van der Waals surface area (Å²) in [5.74, 6) is 0.793. The van der Waals surface area contributed by atoms with Crippen LogP contribution < -0.4 is 0 Å². The van der Waals surface area contributed by atoms with Gasteiger partial charge in [0.05, 0.1) is 24.1 Å². The fourth-order valence-corrected chi connectivity index (χ4v) is 4.85. The fraction of sp³-hybridized carbons (Fsp3) is 0.276. The Kier molecular flexibility index (Phi) is 6.71. The topological polar surface area (TPSA) is 82.4 Å². The SMILES string of the molecule is Cc1ccc(C(=O)N(C)Cc2ccco2)c(C2CCN(C(=O)/C=C/c3c[nH]c4ccccc34)CC2)n1. The summed E-state index contributed by atoms with van der Waals surface area (Å²) >= 11 is 0. The van der Waals surface area contributed by atoms with E-state index in [0.717, 1.165) is 46.5 Å². The van der Waals surface area contributed by atoms with Crippen LogP contribution in [0.4, 0.5) is 0 Å². The van der Waals surface area contributed by atoms with Crippen LogP contribution in [0.2, 0.25) is 0 Å². The molecule has 1 N–H and O–H groups in total. The minimum atomic E-state index is -0.0749. The third-order valence-electron chi connectivity index (χ3n) is 6.83. The molecule has 0 atom stereocenters. The first-order valence-corrected chi connectivity index (χ1v) is 12.3. The summed E-state index contributed by atoms with van der Waals surface area (Å²) < 4.78 is 5.40. The lowest BCUT2D eigenvalue weighted by atomic mass is 9.89. The second kappa shape index (κ2) is 10.2. The van der Waals surface area contributed by atoms with E-state index in [1.54, 1.807) is 24.3 Å². The molecule has 0 bridgehead atoms. The predicted molar refractivity (Wildman–Crippen MR) is 139 cm³/mol. The first-order chi connectivity index (χ1) is 17.5. The molecular weight excluding hydrogens is 452 g/mol. The third-order valence-corrected chi connectivity index (χ3v) is 6.83. The van der Waals surface area contributed by atoms with Crippen molar-refractivity contribution in [1.82, 2.24) is 19.8 Å². The van der Waals surface area contributed by atoms with Crippen LogP contribution in [0.15, 0.2) is 71.5 Å². The predicted octanol–water partition coefficient (Wildman–Crippen LogP) is 5.16. The number of hydrogen-bond acceptors (Lipinski definition) is 4. The molecule has 4 aromatic rings. The van der Waals surface area contributed by atoms with E-state index in [-0.39, 0.29) is 17.7 Å². The maximum Gasteiger partial charge on any atom is 0.255 e. The van der Waals surface area contributed by atoms with Crippen molar-refractivity contribution in [2.45, 2.75) is 32.2 Å². The van der Waals surface area contributed by atoms with Crippen molar-refractivity contribution in [3.8, 4) is 0 Å². The van der Waals surface area contributed by atoms with Gasteiger partial charge in [0.25, 0.3) is 5.91 Å². The number of nitrogens with one attached hydrogen (secondary N) is 1. The van der Waals surface area contributed by atoms with Crippen LogP contribution in [0.1, 0.15) is 51.8 Å². The van der Waals surface area contributed by atoms with Gasteiger partial charge >= 0.3 is 0 Å². The number of furan rings is 1. The van der Waals surface area contributed by atoms with E-state index in [0.29, 0.717) is 25.2 Å². The summed E-state index contributed by atoms with van der Waals surface area (Å²) in [6.45, 7) is 3.60. The molecule has 0 radical (unpaired) electrons. The number of carbonyl (C=O) groups excluding carboxylic acids is 2. The molecule has 1 saturated heterocycles. The monoisotopic (exact) mass is 482 g/mol. The van der Waals surface area contributed by atoms with Gasteiger partial charge in [-0.05, 0) is 61.7 Å². The molecule has 4 heterocycles. The van der Waals surface area contributed by atoms with E-state index in [2.05, 4.69) is 4.98 Å². The van der Waals surface area contributed by atoms with Crippen LogP contribution in [-0.2, 0) is 11.3 Å². The average molecular weight is 483 g/mol. The first kappa shape index (κ1) is 23.6. The van der Waals surface area contributed by atoms with Gasteiger partial charge in [0.2, 0.25) is 5.91 Å². The van der Waals surface area contributed by atoms with Crippen molar-refractivity contribution in [3.63, 3.8) is 0 Å². The minimum absolute atomic E-state index is 0.00501. The van der Waals surface area contributed by atoms with Crippen LogP contribution in [0, 0.1) is 6.92 Å². The number of carbonyl (C=O) groups is 2. The van der Waals surface area contributed by atoms with Gasteiger partial charge in [-0.3, -0.25) is 14.6 Å². The number of likely N-dealkylation sites (tertiary alicyclic amines) is 1. The number of rotatable bonds is 6. The van der Waals surface area contributed by atoms with Crippen LogP contribution in [0.25, 0.3) is 17.0 Å². The normalized spacial score (nSPS) is 14.6. The molecule has 0 unspecified atom stereocenters. The van der Waals surface area contributed by atoms with Crippen LogP contribution in [0.3, 0.4) is 0 Å². The maximum atomic E-state index is 13.3. The summed E-state index contributed by atoms with van der Waals surface area (Å²) in [7, 11) is 1.77. The Balaban J connectivity index is 1.25. The van der Waals surface area contributed by atoms with Gasteiger partial charge in [0.1, 0.15) is 5.76 Å². The van der Waals surface area contributed by atoms with Crippen molar-refractivity contribution in [1.29, 1.82) is 0 Å². The molecular formula is C29H30N4O3. The van der Waals surface area contributed by atoms with Crippen LogP contribution in [-0.4, -0.2) is 51.7 Å². The lowest BCUT2D eigenvalue weighted by Gasteiger charge is -2.32. The minimum Gasteiger partial charge on any atom is -0.467 e. The molecule has 1 fully saturated rings. The average Bonchev–Trinajstić information content (AvgIpc) is 3.57. The second-order valence-corrected chi connectivity index (χ2v) is 9.35. The van der Waals surface area contributed by atoms with Crippen LogP contribution >= 0.6 is 0 Å². The lowest BCUT2D eigenvalue weighted by molar-refractivity contribution is -0.127. The van der Waals surface area contributed by atoms with Crippen molar-refractivity contribution in [2.24, 2.45) is 0 Å². The Hall–Kier alpha value is -4.13. The van der Waals surface area contributed by atoms with Gasteiger partial charge in [-0.25, -0.2) is 0 Å². The largest absolute Gasteiger partial charge is 0.467 e. The Bertz CT molecular complexity index is 1400. The zero-order valence-corrected chi connectivity index (χ0v) is 20.6. The summed E-state index contributed by atoms with van der Waals surface area (Å²) in [4.78, 5) is 37.7. The molecule has 0 saturated carbocycles. The molecule has 1 aliphatic heterocycles. The van der Waals surface area contributed by atoms with Crippen molar-refractivity contribution in [3.05, 3.63) is 95.3 Å². The molecule has 5 rings (SSSR count). The van der Waals surface area contributed by atoms with E-state index in [9.17, 15) is 9.59 Å². The molecule has 0 aliphatic carbocycles. The van der Waals surface area contributed by atoms with Gasteiger partial charge in [0.15, 0.2) is 0 Å². The highest BCUT2D eigenvalue weighted by atomic mass is 16.3. The Labute approximate surface area is 210 Å². The zero-order valence-electron chi connectivity index (χ0n) is 20.6. The van der Waals surface area contributed by atoms with Gasteiger partial charge in [-0.2, -0.15) is 0 Å². The summed E-state index contributed by atoms with van der Waals surface area (Å²) in [6, 6.07) is 15.5. The van der Waals surface area contributed by atoms with E-state index in [4.69, 9.17) is 9.40 Å². The number of pyridine rings is 1. The van der Waals surface area contributed by atoms with Gasteiger partial charge < -0.3 is 19.2 Å². The van der Waals surface area contributed by atoms with E-state index >= 15 is 0 Å². The van der Waals surface area contributed by atoms with E-state index in [1.807, 2.05) is 72.6 Å². The number of hydrogen-bond donors (Lipinski definition) is 1. The molecule has 3 aromatic heterocycles. The molecule has 36 heavy (non-hydrogen) atoms. The van der Waals surface area contributed by atoms with Crippen molar-refractivity contribution in [2.75, 3.05) is 20.1 Å². The maximum absolute atomic E-state index is 13.3. The highest BCUT2D eigenvalue weighted by Crippen LogP contribution is 2.30.